The molecule has 2 heterocycles. The molecule has 8 nitrogen and oxygen atoms in total. The molecular formula is C20H34IN5O3. The topological polar surface area (TPSA) is 88.1 Å². The third-order valence-electron chi connectivity index (χ3n) is 4.12. The Kier molecular flexibility index (Phi) is 10.7. The minimum Gasteiger partial charge on any atom is -0.472 e. The van der Waals surface area contributed by atoms with Gasteiger partial charge in [-0.2, -0.15) is 0 Å². The molecule has 0 bridgehead atoms. The Morgan fingerprint density at radius 3 is 2.66 bits per heavy atom. The van der Waals surface area contributed by atoms with Crippen LogP contribution in [0.5, 0.6) is 5.88 Å². The minimum absolute atomic E-state index is 0. The highest BCUT2D eigenvalue weighted by atomic mass is 127. The molecule has 29 heavy (non-hydrogen) atoms. The van der Waals surface area contributed by atoms with Crippen molar-refractivity contribution >= 4 is 35.8 Å². The van der Waals surface area contributed by atoms with Crippen LogP contribution in [0.15, 0.2) is 23.3 Å². The predicted molar refractivity (Wildman–Crippen MR) is 125 cm³/mol. The average Bonchev–Trinajstić information content (AvgIpc) is 3.14. The lowest BCUT2D eigenvalue weighted by Crippen LogP contribution is -2.44. The van der Waals surface area contributed by atoms with E-state index in [2.05, 4.69) is 20.6 Å². The van der Waals surface area contributed by atoms with Crippen molar-refractivity contribution in [3.05, 3.63) is 23.9 Å². The lowest BCUT2D eigenvalue weighted by molar-refractivity contribution is -0.127. The molecule has 2 rings (SSSR count). The number of nitrogens with one attached hydrogen (secondary N) is 2. The van der Waals surface area contributed by atoms with Crippen molar-refractivity contribution in [1.29, 1.82) is 0 Å². The number of rotatable bonds is 7. The Hall–Kier alpha value is -1.62. The molecule has 2 N–H and O–H groups in total. The average molecular weight is 519 g/mol. The van der Waals surface area contributed by atoms with Crippen molar-refractivity contribution in [2.75, 3.05) is 40.4 Å². The number of likely N-dealkylation sites (N-methyl/N-ethyl adjacent to an activating group) is 1. The number of carbonyl (C=O) groups is 1. The Balaban J connectivity index is 0.00000420. The highest BCUT2D eigenvalue weighted by molar-refractivity contribution is 14.0. The van der Waals surface area contributed by atoms with Gasteiger partial charge in [0, 0.05) is 45.4 Å². The lowest BCUT2D eigenvalue weighted by atomic mass is 10.1. The number of hydrogen-bond donors (Lipinski definition) is 2. The van der Waals surface area contributed by atoms with Gasteiger partial charge in [0.05, 0.1) is 19.7 Å². The van der Waals surface area contributed by atoms with Crippen LogP contribution in [0.3, 0.4) is 0 Å². The van der Waals surface area contributed by atoms with Crippen molar-refractivity contribution in [2.24, 2.45) is 10.9 Å². The van der Waals surface area contributed by atoms with Crippen LogP contribution >= 0.6 is 24.0 Å². The van der Waals surface area contributed by atoms with Gasteiger partial charge in [0.2, 0.25) is 11.8 Å². The normalized spacial score (nSPS) is 16.7. The second kappa shape index (κ2) is 12.2. The number of amides is 1. The second-order valence-corrected chi connectivity index (χ2v) is 8.14. The predicted octanol–water partition coefficient (Wildman–Crippen LogP) is 2.04. The van der Waals surface area contributed by atoms with Gasteiger partial charge in [-0.1, -0.05) is 6.07 Å². The smallest absolute Gasteiger partial charge is 0.241 e. The number of hydrogen-bond acceptors (Lipinski definition) is 5. The van der Waals surface area contributed by atoms with E-state index in [1.807, 2.05) is 32.9 Å². The molecule has 1 aliphatic heterocycles. The molecule has 0 saturated carbocycles. The van der Waals surface area contributed by atoms with Gasteiger partial charge in [0.1, 0.15) is 5.60 Å². The van der Waals surface area contributed by atoms with E-state index >= 15 is 0 Å². The number of nitrogens with zero attached hydrogens (tertiary/aromatic N) is 3. The van der Waals surface area contributed by atoms with E-state index in [0.717, 1.165) is 31.7 Å². The quantitative estimate of drug-likeness (QED) is 0.326. The van der Waals surface area contributed by atoms with Crippen LogP contribution < -0.4 is 15.4 Å². The van der Waals surface area contributed by atoms with Crippen LogP contribution in [0.4, 0.5) is 0 Å². The van der Waals surface area contributed by atoms with E-state index in [1.54, 1.807) is 25.2 Å². The molecule has 164 valence electrons. The summed E-state index contributed by atoms with van der Waals surface area (Å²) < 4.78 is 11.2. The van der Waals surface area contributed by atoms with Gasteiger partial charge in [-0.3, -0.25) is 4.79 Å². The molecule has 1 unspecified atom stereocenters. The van der Waals surface area contributed by atoms with Gasteiger partial charge in [-0.25, -0.2) is 9.98 Å². The van der Waals surface area contributed by atoms with E-state index in [-0.39, 0.29) is 42.0 Å². The first kappa shape index (κ1) is 25.4. The van der Waals surface area contributed by atoms with Crippen LogP contribution in [-0.2, 0) is 16.1 Å². The summed E-state index contributed by atoms with van der Waals surface area (Å²) >= 11 is 0. The number of ether oxygens (including phenoxy) is 2. The Morgan fingerprint density at radius 2 is 2.10 bits per heavy atom. The minimum atomic E-state index is -0.281. The molecule has 1 fully saturated rings. The summed E-state index contributed by atoms with van der Waals surface area (Å²) in [4.78, 5) is 22.4. The lowest BCUT2D eigenvalue weighted by Gasteiger charge is -2.20. The van der Waals surface area contributed by atoms with Gasteiger partial charge in [-0.05, 0) is 32.8 Å². The van der Waals surface area contributed by atoms with E-state index in [1.165, 1.54) is 0 Å². The molecule has 1 aliphatic rings. The standard InChI is InChI=1S/C20H33N5O3.HI/c1-20(2,3)28-17-7-6-15(10-21-17)11-22-19(24-13-18(26)25(4)5)23-12-16-8-9-27-14-16;/h6-7,10,16H,8-9,11-14H2,1-5H3,(H2,22,23,24);1H. The molecule has 9 heteroatoms. The third-order valence-corrected chi connectivity index (χ3v) is 4.12. The van der Waals surface area contributed by atoms with Crippen molar-refractivity contribution in [3.63, 3.8) is 0 Å². The summed E-state index contributed by atoms with van der Waals surface area (Å²) in [7, 11) is 3.47. The van der Waals surface area contributed by atoms with E-state index in [9.17, 15) is 4.79 Å². The van der Waals surface area contributed by atoms with Crippen LogP contribution in [-0.4, -0.2) is 67.8 Å². The van der Waals surface area contributed by atoms with Crippen molar-refractivity contribution in [1.82, 2.24) is 20.5 Å². The Bertz CT molecular complexity index is 653. The zero-order valence-corrected chi connectivity index (χ0v) is 20.4. The Labute approximate surface area is 190 Å². The van der Waals surface area contributed by atoms with Gasteiger partial charge in [0.15, 0.2) is 5.96 Å². The third kappa shape index (κ3) is 10.1. The summed E-state index contributed by atoms with van der Waals surface area (Å²) in [6.07, 6.45) is 2.80. The number of halogens is 1. The van der Waals surface area contributed by atoms with Crippen LogP contribution in [0, 0.1) is 5.92 Å². The van der Waals surface area contributed by atoms with Gasteiger partial charge >= 0.3 is 0 Å². The SMILES string of the molecule is CN(C)C(=O)CNC(=NCc1ccc(OC(C)(C)C)nc1)NCC1CCOC1.I. The van der Waals surface area contributed by atoms with Crippen molar-refractivity contribution in [3.8, 4) is 5.88 Å². The summed E-state index contributed by atoms with van der Waals surface area (Å²) in [6.45, 7) is 8.93. The number of carbonyl (C=O) groups excluding carboxylic acids is 1. The zero-order chi connectivity index (χ0) is 20.6. The largest absolute Gasteiger partial charge is 0.472 e. The second-order valence-electron chi connectivity index (χ2n) is 8.14. The fourth-order valence-corrected chi connectivity index (χ4v) is 2.53. The van der Waals surface area contributed by atoms with E-state index in [0.29, 0.717) is 24.3 Å². The zero-order valence-electron chi connectivity index (χ0n) is 18.0. The molecule has 1 aromatic rings. The Morgan fingerprint density at radius 1 is 1.34 bits per heavy atom. The maximum absolute atomic E-state index is 11.9. The molecule has 1 amide bonds. The highest BCUT2D eigenvalue weighted by Gasteiger charge is 2.16. The fraction of sp³-hybridized carbons (Fsp3) is 0.650. The number of aliphatic imine (C=N–C) groups is 1. The first-order chi connectivity index (χ1) is 13.2. The molecule has 0 radical (unpaired) electrons. The molecule has 1 aromatic heterocycles. The monoisotopic (exact) mass is 519 g/mol. The maximum atomic E-state index is 11.9. The summed E-state index contributed by atoms with van der Waals surface area (Å²) in [5.74, 6) is 1.66. The maximum Gasteiger partial charge on any atom is 0.241 e. The number of guanidine groups is 1. The molecule has 0 aromatic carbocycles. The van der Waals surface area contributed by atoms with Crippen molar-refractivity contribution < 1.29 is 14.3 Å². The molecule has 0 aliphatic carbocycles. The van der Waals surface area contributed by atoms with E-state index in [4.69, 9.17) is 9.47 Å². The highest BCUT2D eigenvalue weighted by Crippen LogP contribution is 2.15. The fourth-order valence-electron chi connectivity index (χ4n) is 2.53. The van der Waals surface area contributed by atoms with Crippen LogP contribution in [0.1, 0.15) is 32.8 Å². The van der Waals surface area contributed by atoms with Crippen molar-refractivity contribution in [2.45, 2.75) is 39.3 Å². The summed E-state index contributed by atoms with van der Waals surface area (Å²) in [5.41, 5.74) is 0.682. The van der Waals surface area contributed by atoms with Gasteiger partial charge in [0.25, 0.3) is 0 Å². The molecule has 0 spiro atoms. The van der Waals surface area contributed by atoms with E-state index < -0.39 is 0 Å². The molecular weight excluding hydrogens is 485 g/mol. The van der Waals surface area contributed by atoms with Gasteiger partial charge in [-0.15, -0.1) is 24.0 Å². The first-order valence-electron chi connectivity index (χ1n) is 9.67. The number of aromatic nitrogens is 1. The van der Waals surface area contributed by atoms with Crippen LogP contribution in [0.2, 0.25) is 0 Å². The van der Waals surface area contributed by atoms with Crippen LogP contribution in [0.25, 0.3) is 0 Å². The summed E-state index contributed by atoms with van der Waals surface area (Å²) in [6, 6.07) is 3.80. The first-order valence-corrected chi connectivity index (χ1v) is 9.67. The number of pyridine rings is 1. The molecule has 1 saturated heterocycles. The molecule has 1 atom stereocenters. The van der Waals surface area contributed by atoms with Gasteiger partial charge < -0.3 is 25.0 Å². The summed E-state index contributed by atoms with van der Waals surface area (Å²) in [5, 5.41) is 6.41.